The van der Waals surface area contributed by atoms with Gasteiger partial charge < -0.3 is 15.4 Å². The number of nitrogens with one attached hydrogen (secondary N) is 2. The van der Waals surface area contributed by atoms with Gasteiger partial charge in [0, 0.05) is 37.0 Å². The van der Waals surface area contributed by atoms with E-state index in [1.165, 1.54) is 0 Å². The van der Waals surface area contributed by atoms with Crippen LogP contribution in [0, 0.1) is 0 Å². The maximum Gasteiger partial charge on any atom is 0.257 e. The van der Waals surface area contributed by atoms with Gasteiger partial charge >= 0.3 is 0 Å². The summed E-state index contributed by atoms with van der Waals surface area (Å²) in [5.41, 5.74) is 3.06. The number of nitrogens with zero attached hydrogens (tertiary/aromatic N) is 2. The number of hydrogen-bond donors (Lipinski definition) is 2. The van der Waals surface area contributed by atoms with E-state index in [1.807, 2.05) is 50.2 Å². The van der Waals surface area contributed by atoms with Gasteiger partial charge in [0.25, 0.3) is 5.91 Å². The van der Waals surface area contributed by atoms with Crippen molar-refractivity contribution >= 4 is 17.3 Å². The van der Waals surface area contributed by atoms with Crippen LogP contribution in [0.4, 0.5) is 11.4 Å². The van der Waals surface area contributed by atoms with Crippen LogP contribution in [-0.4, -0.2) is 22.0 Å². The molecule has 3 rings (SSSR count). The molecule has 2 heterocycles. The number of ether oxygens (including phenoxy) is 1. The average Bonchev–Trinajstić information content (AvgIpc) is 2.68. The second-order valence-corrected chi connectivity index (χ2v) is 6.32. The molecule has 2 N–H and O–H groups in total. The zero-order valence-electron chi connectivity index (χ0n) is 15.3. The molecule has 1 aromatic carbocycles. The lowest BCUT2D eigenvalue weighted by atomic mass is 10.2. The molecule has 0 aliphatic carbocycles. The predicted molar refractivity (Wildman–Crippen MR) is 106 cm³/mol. The molecule has 2 aromatic heterocycles. The number of benzene rings is 1. The molecule has 0 radical (unpaired) electrons. The van der Waals surface area contributed by atoms with E-state index in [0.29, 0.717) is 17.8 Å². The molecule has 1 amide bonds. The van der Waals surface area contributed by atoms with Crippen LogP contribution in [-0.2, 0) is 6.54 Å². The number of carbonyl (C=O) groups excluding carboxylic acids is 1. The van der Waals surface area contributed by atoms with Gasteiger partial charge in [-0.05, 0) is 61.9 Å². The fraction of sp³-hybridized carbons (Fsp3) is 0.190. The summed E-state index contributed by atoms with van der Waals surface area (Å²) >= 11 is 0. The third kappa shape index (κ3) is 5.54. The van der Waals surface area contributed by atoms with Crippen molar-refractivity contribution < 1.29 is 9.53 Å². The number of carbonyl (C=O) groups is 1. The van der Waals surface area contributed by atoms with E-state index in [0.717, 1.165) is 17.0 Å². The van der Waals surface area contributed by atoms with Gasteiger partial charge in [-0.2, -0.15) is 0 Å². The summed E-state index contributed by atoms with van der Waals surface area (Å²) in [5, 5.41) is 6.13. The standard InChI is InChI=1S/C21H22N4O2/c1-15(2)27-20-5-3-18(4-6-20)25-21(26)17-11-19(14-23-13-17)24-12-16-7-9-22-10-8-16/h3-11,13-15,24H,12H2,1-2H3,(H,25,26). The SMILES string of the molecule is CC(C)Oc1ccc(NC(=O)c2cncc(NCc3ccncc3)c2)cc1. The molecule has 138 valence electrons. The lowest BCUT2D eigenvalue weighted by Gasteiger charge is -2.11. The predicted octanol–water partition coefficient (Wildman–Crippen LogP) is 4.13. The van der Waals surface area contributed by atoms with Crippen LogP contribution in [0.5, 0.6) is 5.75 Å². The van der Waals surface area contributed by atoms with E-state index >= 15 is 0 Å². The Labute approximate surface area is 158 Å². The Morgan fingerprint density at radius 3 is 2.44 bits per heavy atom. The van der Waals surface area contributed by atoms with Crippen LogP contribution in [0.3, 0.4) is 0 Å². The molecule has 6 heteroatoms. The van der Waals surface area contributed by atoms with E-state index in [-0.39, 0.29) is 12.0 Å². The molecule has 0 atom stereocenters. The Morgan fingerprint density at radius 2 is 1.74 bits per heavy atom. The highest BCUT2D eigenvalue weighted by atomic mass is 16.5. The molecule has 0 bridgehead atoms. The largest absolute Gasteiger partial charge is 0.491 e. The quantitative estimate of drug-likeness (QED) is 0.661. The van der Waals surface area contributed by atoms with Gasteiger partial charge in [0.05, 0.1) is 17.4 Å². The first kappa shape index (κ1) is 18.4. The average molecular weight is 362 g/mol. The van der Waals surface area contributed by atoms with Crippen LogP contribution < -0.4 is 15.4 Å². The van der Waals surface area contributed by atoms with Gasteiger partial charge in [-0.25, -0.2) is 0 Å². The van der Waals surface area contributed by atoms with Crippen LogP contribution in [0.15, 0.2) is 67.3 Å². The summed E-state index contributed by atoms with van der Waals surface area (Å²) in [6, 6.07) is 12.9. The lowest BCUT2D eigenvalue weighted by Crippen LogP contribution is -2.13. The van der Waals surface area contributed by atoms with Crippen molar-refractivity contribution in [2.45, 2.75) is 26.5 Å². The first-order valence-electron chi connectivity index (χ1n) is 8.76. The fourth-order valence-corrected chi connectivity index (χ4v) is 2.46. The van der Waals surface area contributed by atoms with Crippen molar-refractivity contribution in [1.82, 2.24) is 9.97 Å². The summed E-state index contributed by atoms with van der Waals surface area (Å²) in [6.07, 6.45) is 6.84. The van der Waals surface area contributed by atoms with Crippen molar-refractivity contribution in [1.29, 1.82) is 0 Å². The second-order valence-electron chi connectivity index (χ2n) is 6.32. The van der Waals surface area contributed by atoms with Gasteiger partial charge in [0.1, 0.15) is 5.75 Å². The summed E-state index contributed by atoms with van der Waals surface area (Å²) in [7, 11) is 0. The molecule has 0 fully saturated rings. The Bertz CT molecular complexity index is 880. The molecule has 0 aliphatic rings. The molecular weight excluding hydrogens is 340 g/mol. The molecule has 0 spiro atoms. The Kier molecular flexibility index (Phi) is 5.99. The van der Waals surface area contributed by atoms with E-state index in [9.17, 15) is 4.79 Å². The smallest absolute Gasteiger partial charge is 0.257 e. The zero-order valence-corrected chi connectivity index (χ0v) is 15.3. The van der Waals surface area contributed by atoms with Gasteiger partial charge in [-0.15, -0.1) is 0 Å². The van der Waals surface area contributed by atoms with Crippen LogP contribution in [0.25, 0.3) is 0 Å². The van der Waals surface area contributed by atoms with E-state index < -0.39 is 0 Å². The highest BCUT2D eigenvalue weighted by molar-refractivity contribution is 6.04. The number of amides is 1. The minimum Gasteiger partial charge on any atom is -0.491 e. The normalized spacial score (nSPS) is 10.5. The molecule has 6 nitrogen and oxygen atoms in total. The van der Waals surface area contributed by atoms with Gasteiger partial charge in [0.2, 0.25) is 0 Å². The fourth-order valence-electron chi connectivity index (χ4n) is 2.46. The minimum atomic E-state index is -0.215. The monoisotopic (exact) mass is 362 g/mol. The maximum absolute atomic E-state index is 12.5. The van der Waals surface area contributed by atoms with Crippen LogP contribution in [0.1, 0.15) is 29.8 Å². The Morgan fingerprint density at radius 1 is 1.00 bits per heavy atom. The Balaban J connectivity index is 1.61. The zero-order chi connectivity index (χ0) is 19.1. The number of aromatic nitrogens is 2. The van der Waals surface area contributed by atoms with Crippen molar-refractivity contribution in [3.05, 3.63) is 78.4 Å². The van der Waals surface area contributed by atoms with Crippen LogP contribution >= 0.6 is 0 Å². The van der Waals surface area contributed by atoms with Gasteiger partial charge in [-0.1, -0.05) is 0 Å². The molecule has 0 saturated heterocycles. The summed E-state index contributed by atoms with van der Waals surface area (Å²) in [5.74, 6) is 0.555. The first-order valence-corrected chi connectivity index (χ1v) is 8.76. The van der Waals surface area contributed by atoms with E-state index in [4.69, 9.17) is 4.74 Å². The summed E-state index contributed by atoms with van der Waals surface area (Å²) < 4.78 is 5.60. The van der Waals surface area contributed by atoms with Crippen LogP contribution in [0.2, 0.25) is 0 Å². The maximum atomic E-state index is 12.5. The number of pyridine rings is 2. The molecule has 27 heavy (non-hydrogen) atoms. The van der Waals surface area contributed by atoms with Crippen molar-refractivity contribution in [2.24, 2.45) is 0 Å². The van der Waals surface area contributed by atoms with E-state index in [2.05, 4.69) is 20.6 Å². The van der Waals surface area contributed by atoms with Crippen molar-refractivity contribution in [3.63, 3.8) is 0 Å². The molecular formula is C21H22N4O2. The van der Waals surface area contributed by atoms with Crippen molar-refractivity contribution in [3.8, 4) is 5.75 Å². The minimum absolute atomic E-state index is 0.110. The molecule has 0 unspecified atom stereocenters. The third-order valence-electron chi connectivity index (χ3n) is 3.73. The lowest BCUT2D eigenvalue weighted by molar-refractivity contribution is 0.102. The van der Waals surface area contributed by atoms with Crippen molar-refractivity contribution in [2.75, 3.05) is 10.6 Å². The third-order valence-corrected chi connectivity index (χ3v) is 3.73. The topological polar surface area (TPSA) is 76.1 Å². The molecule has 0 aliphatic heterocycles. The van der Waals surface area contributed by atoms with Gasteiger partial charge in [0.15, 0.2) is 0 Å². The van der Waals surface area contributed by atoms with E-state index in [1.54, 1.807) is 30.9 Å². The molecule has 0 saturated carbocycles. The number of rotatable bonds is 7. The summed E-state index contributed by atoms with van der Waals surface area (Å²) in [4.78, 5) is 20.6. The van der Waals surface area contributed by atoms with Gasteiger partial charge in [-0.3, -0.25) is 14.8 Å². The second kappa shape index (κ2) is 8.80. The highest BCUT2D eigenvalue weighted by Gasteiger charge is 2.08. The Hall–Kier alpha value is -3.41. The highest BCUT2D eigenvalue weighted by Crippen LogP contribution is 2.18. The first-order chi connectivity index (χ1) is 13.1. The number of anilines is 2. The summed E-state index contributed by atoms with van der Waals surface area (Å²) in [6.45, 7) is 4.57. The number of hydrogen-bond acceptors (Lipinski definition) is 5. The molecule has 3 aromatic rings.